The lowest BCUT2D eigenvalue weighted by Gasteiger charge is -2.15. The minimum Gasteiger partial charge on any atom is -0.392 e. The molecule has 1 unspecified atom stereocenters. The first-order valence-corrected chi connectivity index (χ1v) is 5.70. The van der Waals surface area contributed by atoms with E-state index in [4.69, 9.17) is 0 Å². The largest absolute Gasteiger partial charge is 0.392 e. The Morgan fingerprint density at radius 3 is 2.58 bits per heavy atom. The number of thiophene rings is 1. The minimum absolute atomic E-state index is 0.108. The highest BCUT2D eigenvalue weighted by Crippen LogP contribution is 2.53. The van der Waals surface area contributed by atoms with Gasteiger partial charge in [-0.05, 0) is 47.8 Å². The smallest absolute Gasteiger partial charge is 0.0701 e. The summed E-state index contributed by atoms with van der Waals surface area (Å²) in [6.45, 7) is 1.89. The number of rotatable bonds is 2. The maximum Gasteiger partial charge on any atom is 0.0701 e. The van der Waals surface area contributed by atoms with Gasteiger partial charge >= 0.3 is 0 Å². The Labute approximate surface area is 84.6 Å². The van der Waals surface area contributed by atoms with Crippen LogP contribution in [0.4, 0.5) is 0 Å². The molecule has 0 radical (unpaired) electrons. The van der Waals surface area contributed by atoms with E-state index < -0.39 is 0 Å². The van der Waals surface area contributed by atoms with E-state index in [9.17, 15) is 5.11 Å². The zero-order valence-corrected chi connectivity index (χ0v) is 9.28. The normalized spacial score (nSPS) is 22.2. The lowest BCUT2D eigenvalue weighted by atomic mass is 9.99. The fourth-order valence-electron chi connectivity index (χ4n) is 1.59. The predicted molar refractivity (Wildman–Crippen MR) is 54.6 cm³/mol. The Hall–Kier alpha value is 0.140. The zero-order chi connectivity index (χ0) is 8.77. The summed E-state index contributed by atoms with van der Waals surface area (Å²) < 4.78 is 1.16. The Morgan fingerprint density at radius 2 is 2.25 bits per heavy atom. The van der Waals surface area contributed by atoms with Crippen molar-refractivity contribution in [3.8, 4) is 0 Å². The molecule has 1 fully saturated rings. The molecule has 1 saturated carbocycles. The highest BCUT2D eigenvalue weighted by molar-refractivity contribution is 9.11. The molecule has 3 heteroatoms. The van der Waals surface area contributed by atoms with Gasteiger partial charge in [0.05, 0.1) is 9.89 Å². The van der Waals surface area contributed by atoms with Crippen molar-refractivity contribution in [3.63, 3.8) is 0 Å². The van der Waals surface area contributed by atoms with Crippen LogP contribution in [0.15, 0.2) is 15.9 Å². The van der Waals surface area contributed by atoms with Crippen molar-refractivity contribution in [1.82, 2.24) is 0 Å². The molecule has 1 heterocycles. The lowest BCUT2D eigenvalue weighted by Crippen LogP contribution is -2.20. The van der Waals surface area contributed by atoms with Gasteiger partial charge in [-0.3, -0.25) is 0 Å². The van der Waals surface area contributed by atoms with E-state index in [0.717, 1.165) is 16.6 Å². The first-order chi connectivity index (χ1) is 5.65. The fourth-order valence-corrected chi connectivity index (χ4v) is 3.30. The number of aliphatic hydroxyl groups is 1. The molecule has 66 valence electrons. The van der Waals surface area contributed by atoms with Crippen LogP contribution in [0.2, 0.25) is 0 Å². The molecule has 0 saturated heterocycles. The van der Waals surface area contributed by atoms with Crippen LogP contribution in [0.5, 0.6) is 0 Å². The van der Waals surface area contributed by atoms with Crippen LogP contribution in [0.25, 0.3) is 0 Å². The Morgan fingerprint density at radius 1 is 1.58 bits per heavy atom. The van der Waals surface area contributed by atoms with Gasteiger partial charge in [0.15, 0.2) is 0 Å². The fraction of sp³-hybridized carbons (Fsp3) is 0.556. The molecule has 1 aliphatic rings. The summed E-state index contributed by atoms with van der Waals surface area (Å²) in [7, 11) is 0. The van der Waals surface area contributed by atoms with Crippen molar-refractivity contribution in [3.05, 3.63) is 20.8 Å². The van der Waals surface area contributed by atoms with Gasteiger partial charge in [0.1, 0.15) is 0 Å². The van der Waals surface area contributed by atoms with Gasteiger partial charge in [0.2, 0.25) is 0 Å². The Kier molecular flexibility index (Phi) is 2.05. The predicted octanol–water partition coefficient (Wildman–Crippen LogP) is 2.92. The SMILES string of the molecule is CC(O)C1(c2ccc(Br)s2)CC1. The third kappa shape index (κ3) is 1.24. The van der Waals surface area contributed by atoms with E-state index in [-0.39, 0.29) is 11.5 Å². The van der Waals surface area contributed by atoms with Crippen molar-refractivity contribution in [2.75, 3.05) is 0 Å². The maximum atomic E-state index is 9.60. The van der Waals surface area contributed by atoms with Gasteiger partial charge in [-0.25, -0.2) is 0 Å². The number of hydrogen-bond donors (Lipinski definition) is 1. The lowest BCUT2D eigenvalue weighted by molar-refractivity contribution is 0.152. The number of hydrogen-bond acceptors (Lipinski definition) is 2. The van der Waals surface area contributed by atoms with Crippen LogP contribution < -0.4 is 0 Å². The van der Waals surface area contributed by atoms with E-state index in [0.29, 0.717) is 0 Å². The topological polar surface area (TPSA) is 20.2 Å². The summed E-state index contributed by atoms with van der Waals surface area (Å²) in [5, 5.41) is 9.60. The van der Waals surface area contributed by atoms with E-state index in [1.165, 1.54) is 4.88 Å². The zero-order valence-electron chi connectivity index (χ0n) is 6.88. The van der Waals surface area contributed by atoms with E-state index in [1.54, 1.807) is 11.3 Å². The molecule has 1 aliphatic carbocycles. The molecule has 2 rings (SSSR count). The van der Waals surface area contributed by atoms with Crippen molar-refractivity contribution in [2.45, 2.75) is 31.3 Å². The quantitative estimate of drug-likeness (QED) is 0.851. The third-order valence-electron chi connectivity index (χ3n) is 2.65. The van der Waals surface area contributed by atoms with E-state index >= 15 is 0 Å². The summed E-state index contributed by atoms with van der Waals surface area (Å²) in [4.78, 5) is 1.32. The molecule has 1 aromatic rings. The first-order valence-electron chi connectivity index (χ1n) is 4.09. The van der Waals surface area contributed by atoms with Crippen molar-refractivity contribution < 1.29 is 5.11 Å². The molecule has 1 atom stereocenters. The summed E-state index contributed by atoms with van der Waals surface area (Å²) in [5.74, 6) is 0. The number of halogens is 1. The first kappa shape index (κ1) is 8.73. The van der Waals surface area contributed by atoms with Crippen molar-refractivity contribution in [2.24, 2.45) is 0 Å². The maximum absolute atomic E-state index is 9.60. The molecule has 1 aromatic heterocycles. The van der Waals surface area contributed by atoms with E-state index in [2.05, 4.69) is 28.1 Å². The summed E-state index contributed by atoms with van der Waals surface area (Å²) in [6, 6.07) is 4.18. The highest BCUT2D eigenvalue weighted by atomic mass is 79.9. The molecule has 0 spiro atoms. The van der Waals surface area contributed by atoms with E-state index in [1.807, 2.05) is 6.92 Å². The molecule has 1 nitrogen and oxygen atoms in total. The second kappa shape index (κ2) is 2.82. The van der Waals surface area contributed by atoms with Crippen LogP contribution >= 0.6 is 27.3 Å². The summed E-state index contributed by atoms with van der Waals surface area (Å²) in [5.41, 5.74) is 0.108. The molecule has 0 aromatic carbocycles. The minimum atomic E-state index is -0.206. The Bertz CT molecular complexity index is 288. The molecule has 0 amide bonds. The van der Waals surface area contributed by atoms with Crippen LogP contribution in [-0.2, 0) is 5.41 Å². The van der Waals surface area contributed by atoms with Gasteiger partial charge < -0.3 is 5.11 Å². The molecular weight excluding hydrogens is 236 g/mol. The number of aliphatic hydroxyl groups excluding tert-OH is 1. The van der Waals surface area contributed by atoms with Gasteiger partial charge in [-0.2, -0.15) is 0 Å². The Balaban J connectivity index is 2.30. The van der Waals surface area contributed by atoms with Crippen LogP contribution in [0.3, 0.4) is 0 Å². The van der Waals surface area contributed by atoms with Crippen molar-refractivity contribution in [1.29, 1.82) is 0 Å². The van der Waals surface area contributed by atoms with Crippen LogP contribution in [0.1, 0.15) is 24.6 Å². The monoisotopic (exact) mass is 246 g/mol. The average Bonchev–Trinajstić information content (AvgIpc) is 2.71. The molecule has 12 heavy (non-hydrogen) atoms. The molecule has 1 N–H and O–H groups in total. The molecule has 0 aliphatic heterocycles. The van der Waals surface area contributed by atoms with Gasteiger partial charge in [-0.15, -0.1) is 11.3 Å². The highest BCUT2D eigenvalue weighted by Gasteiger charge is 2.49. The molecule has 0 bridgehead atoms. The van der Waals surface area contributed by atoms with Crippen LogP contribution in [-0.4, -0.2) is 11.2 Å². The summed E-state index contributed by atoms with van der Waals surface area (Å²) >= 11 is 5.18. The van der Waals surface area contributed by atoms with Crippen LogP contribution in [0, 0.1) is 0 Å². The van der Waals surface area contributed by atoms with Gasteiger partial charge in [-0.1, -0.05) is 0 Å². The standard InChI is InChI=1S/C9H11BrOS/c1-6(11)9(4-5-9)7-2-3-8(10)12-7/h2-3,6,11H,4-5H2,1H3. The summed E-state index contributed by atoms with van der Waals surface area (Å²) in [6.07, 6.45) is 2.07. The van der Waals surface area contributed by atoms with Gasteiger partial charge in [0, 0.05) is 10.3 Å². The average molecular weight is 247 g/mol. The third-order valence-corrected chi connectivity index (χ3v) is 4.50. The second-order valence-corrected chi connectivity index (χ2v) is 5.90. The molecular formula is C9H11BrOS. The van der Waals surface area contributed by atoms with Crippen molar-refractivity contribution >= 4 is 27.3 Å². The second-order valence-electron chi connectivity index (χ2n) is 3.44. The van der Waals surface area contributed by atoms with Gasteiger partial charge in [0.25, 0.3) is 0 Å².